The number of aliphatic carboxylic acids is 1. The Bertz CT molecular complexity index is 586. The highest BCUT2D eigenvalue weighted by molar-refractivity contribution is 6.31. The first kappa shape index (κ1) is 18.5. The van der Waals surface area contributed by atoms with Gasteiger partial charge in [0.15, 0.2) is 6.61 Å². The zero-order valence-electron chi connectivity index (χ0n) is 13.7. The molecule has 1 N–H and O–H groups in total. The normalized spacial score (nSPS) is 15.1. The van der Waals surface area contributed by atoms with Crippen molar-refractivity contribution in [1.82, 2.24) is 4.90 Å². The molecule has 6 nitrogen and oxygen atoms in total. The molecule has 1 fully saturated rings. The Hall–Kier alpha value is -1.79. The van der Waals surface area contributed by atoms with Gasteiger partial charge in [0.25, 0.3) is 5.91 Å². The Balaban J connectivity index is 1.97. The van der Waals surface area contributed by atoms with Crippen molar-refractivity contribution in [3.63, 3.8) is 0 Å². The largest absolute Gasteiger partial charge is 0.484 e. The molecule has 0 spiro atoms. The van der Waals surface area contributed by atoms with Crippen LogP contribution < -0.4 is 4.74 Å². The Morgan fingerprint density at radius 3 is 2.71 bits per heavy atom. The lowest BCUT2D eigenvalue weighted by Crippen LogP contribution is -2.46. The number of carbonyl (C=O) groups excluding carboxylic acids is 1. The van der Waals surface area contributed by atoms with Crippen LogP contribution in [0.1, 0.15) is 24.8 Å². The van der Waals surface area contributed by atoms with Crippen molar-refractivity contribution >= 4 is 23.5 Å². The summed E-state index contributed by atoms with van der Waals surface area (Å²) in [6.07, 6.45) is 1.35. The van der Waals surface area contributed by atoms with Gasteiger partial charge in [0, 0.05) is 30.8 Å². The second-order valence-corrected chi connectivity index (χ2v) is 6.18. The number of carboxylic acids is 1. The average Bonchev–Trinajstić information content (AvgIpc) is 2.57. The van der Waals surface area contributed by atoms with Crippen molar-refractivity contribution in [3.05, 3.63) is 28.8 Å². The van der Waals surface area contributed by atoms with Crippen molar-refractivity contribution < 1.29 is 24.2 Å². The summed E-state index contributed by atoms with van der Waals surface area (Å²) >= 11 is 5.97. The summed E-state index contributed by atoms with van der Waals surface area (Å²) < 4.78 is 10.9. The van der Waals surface area contributed by atoms with Crippen LogP contribution >= 0.6 is 11.6 Å². The first-order valence-electron chi connectivity index (χ1n) is 7.95. The van der Waals surface area contributed by atoms with Gasteiger partial charge in [-0.15, -0.1) is 0 Å². The van der Waals surface area contributed by atoms with Gasteiger partial charge in [-0.05, 0) is 43.5 Å². The fourth-order valence-electron chi connectivity index (χ4n) is 2.66. The van der Waals surface area contributed by atoms with E-state index in [1.165, 1.54) is 0 Å². The third-order valence-electron chi connectivity index (χ3n) is 4.01. The van der Waals surface area contributed by atoms with E-state index < -0.39 is 5.97 Å². The van der Waals surface area contributed by atoms with Crippen molar-refractivity contribution in [1.29, 1.82) is 0 Å². The molecule has 0 bridgehead atoms. The highest BCUT2D eigenvalue weighted by atomic mass is 35.5. The molecule has 0 atom stereocenters. The average molecular weight is 356 g/mol. The quantitative estimate of drug-likeness (QED) is 0.813. The molecule has 0 radical (unpaired) electrons. The molecule has 2 rings (SSSR count). The Kier molecular flexibility index (Phi) is 6.87. The van der Waals surface area contributed by atoms with Gasteiger partial charge in [0.05, 0.1) is 6.42 Å². The van der Waals surface area contributed by atoms with Crippen LogP contribution in [-0.2, 0) is 14.3 Å². The zero-order chi connectivity index (χ0) is 17.5. The smallest absolute Gasteiger partial charge is 0.305 e. The van der Waals surface area contributed by atoms with E-state index in [4.69, 9.17) is 26.2 Å². The van der Waals surface area contributed by atoms with Gasteiger partial charge in [-0.1, -0.05) is 11.6 Å². The summed E-state index contributed by atoms with van der Waals surface area (Å²) in [4.78, 5) is 25.0. The van der Waals surface area contributed by atoms with Crippen LogP contribution in [0.5, 0.6) is 5.75 Å². The predicted octanol–water partition coefficient (Wildman–Crippen LogP) is 2.51. The van der Waals surface area contributed by atoms with Crippen molar-refractivity contribution in [2.75, 3.05) is 26.4 Å². The van der Waals surface area contributed by atoms with Gasteiger partial charge >= 0.3 is 5.97 Å². The minimum absolute atomic E-state index is 0.00107. The zero-order valence-corrected chi connectivity index (χ0v) is 14.4. The first-order chi connectivity index (χ1) is 11.5. The van der Waals surface area contributed by atoms with Gasteiger partial charge in [-0.3, -0.25) is 9.59 Å². The second-order valence-electron chi connectivity index (χ2n) is 5.77. The molecule has 1 amide bonds. The summed E-state index contributed by atoms with van der Waals surface area (Å²) in [6.45, 7) is 3.08. The first-order valence-corrected chi connectivity index (χ1v) is 8.33. The van der Waals surface area contributed by atoms with E-state index in [1.54, 1.807) is 23.1 Å². The van der Waals surface area contributed by atoms with Crippen LogP contribution in [0.15, 0.2) is 18.2 Å². The number of carbonyl (C=O) groups is 2. The van der Waals surface area contributed by atoms with Crippen LogP contribution in [0.3, 0.4) is 0 Å². The van der Waals surface area contributed by atoms with E-state index >= 15 is 0 Å². The van der Waals surface area contributed by atoms with E-state index in [9.17, 15) is 9.59 Å². The molecule has 0 unspecified atom stereocenters. The lowest BCUT2D eigenvalue weighted by Gasteiger charge is -2.34. The Morgan fingerprint density at radius 2 is 2.08 bits per heavy atom. The molecule has 1 heterocycles. The lowest BCUT2D eigenvalue weighted by molar-refractivity contribution is -0.141. The molecule has 1 aromatic carbocycles. The van der Waals surface area contributed by atoms with E-state index in [-0.39, 0.29) is 31.5 Å². The SMILES string of the molecule is Cc1cc(OCC(=O)N(CCC(=O)O)C2CCOCC2)ccc1Cl. The van der Waals surface area contributed by atoms with Gasteiger partial charge < -0.3 is 19.5 Å². The third kappa shape index (κ3) is 5.39. The lowest BCUT2D eigenvalue weighted by atomic mass is 10.1. The number of hydrogen-bond acceptors (Lipinski definition) is 4. The monoisotopic (exact) mass is 355 g/mol. The molecule has 1 aromatic rings. The fraction of sp³-hybridized carbons (Fsp3) is 0.529. The number of hydrogen-bond donors (Lipinski definition) is 1. The minimum Gasteiger partial charge on any atom is -0.484 e. The number of rotatable bonds is 7. The van der Waals surface area contributed by atoms with Gasteiger partial charge in [-0.25, -0.2) is 0 Å². The summed E-state index contributed by atoms with van der Waals surface area (Å²) in [6, 6.07) is 5.20. The van der Waals surface area contributed by atoms with Crippen LogP contribution in [0.25, 0.3) is 0 Å². The molecule has 1 saturated heterocycles. The molecule has 0 aromatic heterocycles. The second kappa shape index (κ2) is 8.89. The van der Waals surface area contributed by atoms with E-state index in [2.05, 4.69) is 0 Å². The maximum absolute atomic E-state index is 12.5. The number of halogens is 1. The van der Waals surface area contributed by atoms with Crippen molar-refractivity contribution in [2.45, 2.75) is 32.2 Å². The van der Waals surface area contributed by atoms with Crippen LogP contribution in [0, 0.1) is 6.92 Å². The Labute approximate surface area is 146 Å². The fourth-order valence-corrected chi connectivity index (χ4v) is 2.78. The molecular formula is C17H22ClNO5. The van der Waals surface area contributed by atoms with E-state index in [0.29, 0.717) is 36.8 Å². The molecule has 1 aliphatic heterocycles. The summed E-state index contributed by atoms with van der Waals surface area (Å²) in [5.41, 5.74) is 0.869. The summed E-state index contributed by atoms with van der Waals surface area (Å²) in [5.74, 6) is -0.569. The van der Waals surface area contributed by atoms with E-state index in [1.807, 2.05) is 6.92 Å². The van der Waals surface area contributed by atoms with Gasteiger partial charge in [0.2, 0.25) is 0 Å². The molecule has 7 heteroatoms. The maximum atomic E-state index is 12.5. The van der Waals surface area contributed by atoms with Crippen LogP contribution in [0.2, 0.25) is 5.02 Å². The topological polar surface area (TPSA) is 76.1 Å². The van der Waals surface area contributed by atoms with Gasteiger partial charge in [-0.2, -0.15) is 0 Å². The van der Waals surface area contributed by atoms with Crippen molar-refractivity contribution in [3.8, 4) is 5.75 Å². The minimum atomic E-state index is -0.922. The summed E-state index contributed by atoms with van der Waals surface area (Å²) in [5, 5.41) is 9.54. The number of amides is 1. The maximum Gasteiger partial charge on any atom is 0.305 e. The molecular weight excluding hydrogens is 334 g/mol. The molecule has 132 valence electrons. The number of ether oxygens (including phenoxy) is 2. The number of aryl methyl sites for hydroxylation is 1. The molecule has 24 heavy (non-hydrogen) atoms. The van der Waals surface area contributed by atoms with Crippen LogP contribution in [0.4, 0.5) is 0 Å². The van der Waals surface area contributed by atoms with Crippen molar-refractivity contribution in [2.24, 2.45) is 0 Å². The highest BCUT2D eigenvalue weighted by Gasteiger charge is 2.26. The van der Waals surface area contributed by atoms with Crippen LogP contribution in [-0.4, -0.2) is 54.3 Å². The standard InChI is InChI=1S/C17H22ClNO5/c1-12-10-14(2-3-15(12)18)24-11-16(20)19(7-4-17(21)22)13-5-8-23-9-6-13/h2-3,10,13H,4-9,11H2,1H3,(H,21,22). The van der Waals surface area contributed by atoms with Gasteiger partial charge in [0.1, 0.15) is 5.75 Å². The number of nitrogens with zero attached hydrogens (tertiary/aromatic N) is 1. The predicted molar refractivity (Wildman–Crippen MR) is 89.5 cm³/mol. The highest BCUT2D eigenvalue weighted by Crippen LogP contribution is 2.21. The molecule has 0 saturated carbocycles. The molecule has 0 aliphatic carbocycles. The Morgan fingerprint density at radius 1 is 1.38 bits per heavy atom. The molecule has 1 aliphatic rings. The summed E-state index contributed by atoms with van der Waals surface area (Å²) in [7, 11) is 0. The number of benzene rings is 1. The third-order valence-corrected chi connectivity index (χ3v) is 4.43. The number of carboxylic acid groups (broad SMARTS) is 1. The van der Waals surface area contributed by atoms with E-state index in [0.717, 1.165) is 5.56 Å².